The summed E-state index contributed by atoms with van der Waals surface area (Å²) < 4.78 is 144. The van der Waals surface area contributed by atoms with Gasteiger partial charge in [0, 0.05) is 11.1 Å². The second-order valence-electron chi connectivity index (χ2n) is 10.8. The first-order chi connectivity index (χ1) is 25.1. The molecule has 3 N–H and O–H groups in total. The fourth-order valence-corrected chi connectivity index (χ4v) is 7.74. The van der Waals surface area contributed by atoms with Crippen LogP contribution < -0.4 is 135 Å². The van der Waals surface area contributed by atoms with E-state index in [1.165, 1.54) is 36.4 Å². The molecule has 0 amide bonds. The molecule has 1 heterocycles. The molecule has 0 atom stereocenters. The Morgan fingerprint density at radius 2 is 1.33 bits per heavy atom. The number of halogens is 1. The molecule has 58 heavy (non-hydrogen) atoms. The van der Waals surface area contributed by atoms with Crippen molar-refractivity contribution in [3.05, 3.63) is 99.7 Å². The van der Waals surface area contributed by atoms with Crippen molar-refractivity contribution in [1.82, 2.24) is 15.0 Å². The molecule has 280 valence electrons. The molecule has 0 saturated heterocycles. The van der Waals surface area contributed by atoms with Gasteiger partial charge in [-0.2, -0.15) is 15.1 Å². The second kappa shape index (κ2) is 20.2. The second-order valence-corrected chi connectivity index (χ2v) is 16.6. The Morgan fingerprint density at radius 3 is 1.91 bits per heavy atom. The van der Waals surface area contributed by atoms with Crippen LogP contribution in [0.2, 0.25) is 5.28 Å². The number of aromatic amines is 1. The Bertz CT molecular complexity index is 3040. The number of hydrogen-bond donors (Lipinski definition) is 3. The van der Waals surface area contributed by atoms with Crippen LogP contribution in [0.1, 0.15) is 15.9 Å². The van der Waals surface area contributed by atoms with Crippen molar-refractivity contribution < 1.29 is 175 Å². The Kier molecular flexibility index (Phi) is 18.3. The average Bonchev–Trinajstić information content (AvgIpc) is 3.05. The molecule has 0 bridgehead atoms. The first kappa shape index (κ1) is 52.7. The van der Waals surface area contributed by atoms with Gasteiger partial charge in [0.25, 0.3) is 0 Å². The fraction of sp³-hybridized carbons (Fsp3) is 0. The third kappa shape index (κ3) is 12.1. The summed E-state index contributed by atoms with van der Waals surface area (Å²) in [6.07, 6.45) is 0.536. The van der Waals surface area contributed by atoms with Crippen molar-refractivity contribution in [1.29, 1.82) is 0 Å². The Hall–Kier alpha value is -1.44. The Labute approximate surface area is 422 Å². The van der Waals surface area contributed by atoms with Gasteiger partial charge in [-0.3, -0.25) is 15.2 Å². The van der Waals surface area contributed by atoms with E-state index in [1.807, 2.05) is 0 Å². The van der Waals surface area contributed by atoms with Crippen LogP contribution in [0.25, 0.3) is 16.8 Å². The Morgan fingerprint density at radius 1 is 0.707 bits per heavy atom. The Balaban J connectivity index is 0.00000290. The number of anilines is 3. The number of rotatable bonds is 9. The molecular weight excluding hydrogens is 910 g/mol. The largest absolute Gasteiger partial charge is 1.00 e. The quantitative estimate of drug-likeness (QED) is 0.0702. The van der Waals surface area contributed by atoms with Gasteiger partial charge >= 0.3 is 118 Å². The number of nitrogens with zero attached hydrogens (tertiary/aromatic N) is 4. The van der Waals surface area contributed by atoms with E-state index in [2.05, 4.69) is 35.8 Å². The van der Waals surface area contributed by atoms with Gasteiger partial charge in [-0.25, -0.2) is 38.7 Å². The summed E-state index contributed by atoms with van der Waals surface area (Å²) in [7, 11) is -21.0. The molecule has 0 radical (unpaired) electrons. The minimum absolute atomic E-state index is 0. The van der Waals surface area contributed by atoms with Crippen molar-refractivity contribution in [2.75, 3.05) is 10.7 Å². The number of carbonyl (C=O) groups is 1. The molecule has 1 aliphatic rings. The molecule has 0 fully saturated rings. The number of carbonyl (C=O) groups excluding carboxylic acids is 1. The number of nitrogens with one attached hydrogen (secondary N) is 3. The number of aromatic nitrogens is 3. The molecule has 29 heteroatoms. The van der Waals surface area contributed by atoms with Gasteiger partial charge in [0.1, 0.15) is 46.2 Å². The summed E-state index contributed by atoms with van der Waals surface area (Å²) in [5, 5.41) is 6.19. The molecule has 0 spiro atoms. The summed E-state index contributed by atoms with van der Waals surface area (Å²) >= 11 is 6.07. The molecule has 0 saturated carbocycles. The van der Waals surface area contributed by atoms with Gasteiger partial charge in [-0.05, 0) is 71.1 Å². The normalized spacial score (nSPS) is 13.9. The van der Waals surface area contributed by atoms with Crippen LogP contribution in [0.3, 0.4) is 0 Å². The molecule has 6 rings (SSSR count). The number of hydrogen-bond acceptors (Lipinski definition) is 19. The summed E-state index contributed by atoms with van der Waals surface area (Å²) in [5.41, 5.74) is -1.75. The number of allylic oxidation sites excluding steroid dienone is 1. The van der Waals surface area contributed by atoms with Crippen molar-refractivity contribution in [2.45, 2.75) is 14.7 Å². The predicted octanol–water partition coefficient (Wildman–Crippen LogP) is -10.1. The minimum Gasteiger partial charge on any atom is -0.744 e. The van der Waals surface area contributed by atoms with Crippen LogP contribution in [0, 0.1) is 0 Å². The molecule has 0 aliphatic heterocycles. The van der Waals surface area contributed by atoms with E-state index >= 15 is 0 Å². The third-order valence-electron chi connectivity index (χ3n) is 7.32. The molecule has 4 aromatic carbocycles. The zero-order valence-corrected chi connectivity index (χ0v) is 42.1. The van der Waals surface area contributed by atoms with E-state index < -0.39 is 105 Å². The van der Waals surface area contributed by atoms with Gasteiger partial charge < -0.3 is 23.5 Å². The number of hydrazone groups is 1. The fourth-order valence-electron chi connectivity index (χ4n) is 5.09. The average molecular weight is 926 g/mol. The van der Waals surface area contributed by atoms with Crippen LogP contribution in [-0.2, 0) is 40.5 Å². The van der Waals surface area contributed by atoms with Gasteiger partial charge in [0.2, 0.25) is 22.6 Å². The zero-order valence-electron chi connectivity index (χ0n) is 30.1. The molecule has 5 aromatic rings. The van der Waals surface area contributed by atoms with Crippen molar-refractivity contribution in [3.8, 4) is 0 Å². The predicted molar refractivity (Wildman–Crippen MR) is 184 cm³/mol. The van der Waals surface area contributed by atoms with Crippen molar-refractivity contribution >= 4 is 103 Å². The maximum Gasteiger partial charge on any atom is 1.00 e. The van der Waals surface area contributed by atoms with Gasteiger partial charge in [0.05, 0.1) is 36.5 Å². The van der Waals surface area contributed by atoms with Crippen LogP contribution in [0.4, 0.5) is 23.0 Å². The first-order valence-corrected chi connectivity index (χ1v) is 20.3. The van der Waals surface area contributed by atoms with E-state index in [4.69, 9.17) is 11.6 Å². The first-order valence-electron chi connectivity index (χ1n) is 14.3. The number of ketones is 1. The monoisotopic (exact) mass is 925 g/mol. The summed E-state index contributed by atoms with van der Waals surface area (Å²) in [4.78, 5) is 24.7. The summed E-state index contributed by atoms with van der Waals surface area (Å²) in [6, 6.07) is 13.8. The zero-order chi connectivity index (χ0) is 39.4. The van der Waals surface area contributed by atoms with Crippen LogP contribution >= 0.6 is 11.6 Å². The van der Waals surface area contributed by atoms with Gasteiger partial charge in [0.15, 0.2) is 0 Å². The van der Waals surface area contributed by atoms with Gasteiger partial charge in [-0.1, -0.05) is 30.3 Å². The maximum atomic E-state index is 14.0. The van der Waals surface area contributed by atoms with E-state index in [-0.39, 0.29) is 135 Å². The van der Waals surface area contributed by atoms with E-state index in [9.17, 15) is 56.7 Å². The summed E-state index contributed by atoms with van der Waals surface area (Å²) in [6.45, 7) is 0. The third-order valence-corrected chi connectivity index (χ3v) is 10.9. The topological polar surface area (TPSA) is 336 Å². The molecule has 1 aromatic heterocycles. The molecular formula is C29H16ClN7Na4O13S4. The SMILES string of the molecule is O=C1/C(=N/Nc2ccc3ccccc3c2S(=O)(=O)[O-])C(S(=O)(=O)[O-])=Cc2cc(S(=O)(=O)[O-])cc(N=c3nc(Nc4ccc(S(=O)(=O)[O-])cc4)nc(Cl)[nH]3)c21.[Na+].[Na+].[Na+].[Na+]. The number of benzene rings is 4. The van der Waals surface area contributed by atoms with E-state index in [1.54, 1.807) is 6.07 Å². The van der Waals surface area contributed by atoms with Crippen LogP contribution in [-0.4, -0.2) is 78.3 Å². The van der Waals surface area contributed by atoms with Crippen LogP contribution in [0.15, 0.2) is 102 Å². The molecule has 1 aliphatic carbocycles. The minimum atomic E-state index is -5.62. The van der Waals surface area contributed by atoms with E-state index in [0.717, 1.165) is 18.2 Å². The van der Waals surface area contributed by atoms with Crippen molar-refractivity contribution in [2.24, 2.45) is 10.1 Å². The number of H-pyrrole nitrogens is 1. The molecule has 0 unspecified atom stereocenters. The summed E-state index contributed by atoms with van der Waals surface area (Å²) in [5.74, 6) is -1.73. The maximum absolute atomic E-state index is 14.0. The number of Topliss-reactive ketones (excluding diaryl/α,β-unsaturated/α-hetero) is 1. The van der Waals surface area contributed by atoms with Gasteiger partial charge in [-0.15, -0.1) is 0 Å². The molecule has 20 nitrogen and oxygen atoms in total. The smallest absolute Gasteiger partial charge is 0.744 e. The van der Waals surface area contributed by atoms with Crippen LogP contribution in [0.5, 0.6) is 0 Å². The van der Waals surface area contributed by atoms with E-state index in [0.29, 0.717) is 23.6 Å². The number of fused-ring (bicyclic) bond motifs is 2. The van der Waals surface area contributed by atoms with Crippen molar-refractivity contribution in [3.63, 3.8) is 0 Å². The standard InChI is InChI=1S/C29H20ClN7O13S4.4Na/c30-27-33-28(31-16-6-8-17(9-7-16)51(39,40)41)35-29(34-27)32-21-13-18(52(42,43)44)11-15-12-22(53(45,46)47)24(25(38)23(15)21)37-36-20-10-5-14-3-1-2-4-19(14)26(20)54(48,49)50;;;;/h1-13,36H,(H,39,40,41)(H,42,43,44)(H,45,46,47)(H,48,49,50)(H2,31,32,33,34,35);;;;/q;4*+1/p-4/b37-24+;;;;.